The van der Waals surface area contributed by atoms with E-state index in [1.54, 1.807) is 18.2 Å². The van der Waals surface area contributed by atoms with Crippen LogP contribution in [0.2, 0.25) is 10.0 Å². The van der Waals surface area contributed by atoms with Crippen molar-refractivity contribution in [1.82, 2.24) is 5.32 Å². The molecular formula is C13H15Cl2NO2. The van der Waals surface area contributed by atoms with Crippen LogP contribution < -0.4 is 5.32 Å². The number of Topliss-reactive ketones (excluding diaryl/α,β-unsaturated/α-hetero) is 1. The van der Waals surface area contributed by atoms with E-state index in [2.05, 4.69) is 11.9 Å². The predicted molar refractivity (Wildman–Crippen MR) is 74.5 cm³/mol. The Morgan fingerprint density at radius 2 is 2.00 bits per heavy atom. The minimum atomic E-state index is -0.139. The van der Waals surface area contributed by atoms with E-state index in [0.29, 0.717) is 40.7 Å². The summed E-state index contributed by atoms with van der Waals surface area (Å²) in [5.41, 5.74) is 0.982. The molecule has 2 N–H and O–H groups in total. The van der Waals surface area contributed by atoms with Crippen LogP contribution in [0.25, 0.3) is 0 Å². The number of carbonyl (C=O) groups excluding carboxylic acids is 1. The standard InChI is InChI=1S/C13H15Cl2NO2/c1-9(4-5-16-6-7-17)13(18)10-2-3-11(14)12(15)8-10/h2-3,8,16-17H,1,4-7H2. The van der Waals surface area contributed by atoms with E-state index in [1.165, 1.54) is 0 Å². The topological polar surface area (TPSA) is 49.3 Å². The molecule has 3 nitrogen and oxygen atoms in total. The third-order valence-corrected chi connectivity index (χ3v) is 3.13. The SMILES string of the molecule is C=C(CCNCCO)C(=O)c1ccc(Cl)c(Cl)c1. The Labute approximate surface area is 116 Å². The largest absolute Gasteiger partial charge is 0.395 e. The molecule has 0 heterocycles. The summed E-state index contributed by atoms with van der Waals surface area (Å²) in [6.45, 7) is 4.94. The van der Waals surface area contributed by atoms with Crippen LogP contribution in [-0.2, 0) is 0 Å². The fourth-order valence-electron chi connectivity index (χ4n) is 1.40. The third kappa shape index (κ3) is 4.42. The number of carbonyl (C=O) groups is 1. The van der Waals surface area contributed by atoms with Crippen molar-refractivity contribution >= 4 is 29.0 Å². The fraction of sp³-hybridized carbons (Fsp3) is 0.308. The van der Waals surface area contributed by atoms with E-state index in [0.717, 1.165) is 0 Å². The van der Waals surface area contributed by atoms with Crippen LogP contribution in [0.15, 0.2) is 30.4 Å². The average Bonchev–Trinajstić information content (AvgIpc) is 2.37. The Morgan fingerprint density at radius 1 is 1.28 bits per heavy atom. The molecule has 1 aromatic rings. The Morgan fingerprint density at radius 3 is 2.61 bits per heavy atom. The van der Waals surface area contributed by atoms with E-state index < -0.39 is 0 Å². The zero-order valence-electron chi connectivity index (χ0n) is 9.88. The molecule has 0 bridgehead atoms. The molecule has 0 unspecified atom stereocenters. The molecular weight excluding hydrogens is 273 g/mol. The molecule has 0 aliphatic rings. The maximum Gasteiger partial charge on any atom is 0.188 e. The van der Waals surface area contributed by atoms with E-state index >= 15 is 0 Å². The molecule has 0 atom stereocenters. The summed E-state index contributed by atoms with van der Waals surface area (Å²) in [6.07, 6.45) is 0.527. The highest BCUT2D eigenvalue weighted by Crippen LogP contribution is 2.23. The van der Waals surface area contributed by atoms with Crippen LogP contribution in [0, 0.1) is 0 Å². The van der Waals surface area contributed by atoms with Crippen molar-refractivity contribution in [2.45, 2.75) is 6.42 Å². The van der Waals surface area contributed by atoms with E-state index in [9.17, 15) is 4.79 Å². The lowest BCUT2D eigenvalue weighted by atomic mass is 10.0. The highest BCUT2D eigenvalue weighted by molar-refractivity contribution is 6.42. The van der Waals surface area contributed by atoms with Crippen molar-refractivity contribution in [3.05, 3.63) is 46.0 Å². The third-order valence-electron chi connectivity index (χ3n) is 2.40. The van der Waals surface area contributed by atoms with Crippen molar-refractivity contribution < 1.29 is 9.90 Å². The number of hydrogen-bond acceptors (Lipinski definition) is 3. The Kier molecular flexibility index (Phi) is 6.36. The number of nitrogens with one attached hydrogen (secondary N) is 1. The smallest absolute Gasteiger partial charge is 0.188 e. The molecule has 0 aromatic heterocycles. The van der Waals surface area contributed by atoms with E-state index in [1.807, 2.05) is 0 Å². The van der Waals surface area contributed by atoms with Gasteiger partial charge in [-0.3, -0.25) is 4.79 Å². The molecule has 0 aliphatic carbocycles. The lowest BCUT2D eigenvalue weighted by molar-refractivity contribution is 0.103. The summed E-state index contributed by atoms with van der Waals surface area (Å²) in [4.78, 5) is 12.0. The minimum Gasteiger partial charge on any atom is -0.395 e. The zero-order valence-corrected chi connectivity index (χ0v) is 11.4. The molecule has 0 amide bonds. The quantitative estimate of drug-likeness (QED) is 0.461. The number of rotatable bonds is 7. The van der Waals surface area contributed by atoms with Crippen molar-refractivity contribution in [3.63, 3.8) is 0 Å². The summed E-state index contributed by atoms with van der Waals surface area (Å²) < 4.78 is 0. The second kappa shape index (κ2) is 7.54. The Balaban J connectivity index is 2.57. The molecule has 1 rings (SSSR count). The number of aliphatic hydroxyl groups excluding tert-OH is 1. The van der Waals surface area contributed by atoms with Gasteiger partial charge in [0.2, 0.25) is 0 Å². The summed E-state index contributed by atoms with van der Waals surface area (Å²) in [7, 11) is 0. The second-order valence-electron chi connectivity index (χ2n) is 3.79. The van der Waals surface area contributed by atoms with Gasteiger partial charge in [0.05, 0.1) is 16.7 Å². The van der Waals surface area contributed by atoms with Crippen LogP contribution in [0.5, 0.6) is 0 Å². The molecule has 0 radical (unpaired) electrons. The van der Waals surface area contributed by atoms with Crippen molar-refractivity contribution in [1.29, 1.82) is 0 Å². The normalized spacial score (nSPS) is 10.4. The van der Waals surface area contributed by atoms with Gasteiger partial charge in [-0.25, -0.2) is 0 Å². The van der Waals surface area contributed by atoms with Gasteiger partial charge < -0.3 is 10.4 Å². The molecule has 0 spiro atoms. The number of halogens is 2. The Bertz CT molecular complexity index is 447. The number of ketones is 1. The highest BCUT2D eigenvalue weighted by Gasteiger charge is 2.11. The van der Waals surface area contributed by atoms with Gasteiger partial charge in [0.25, 0.3) is 0 Å². The lowest BCUT2D eigenvalue weighted by Gasteiger charge is -2.06. The van der Waals surface area contributed by atoms with Gasteiger partial charge in [-0.05, 0) is 36.7 Å². The van der Waals surface area contributed by atoms with Gasteiger partial charge in [-0.2, -0.15) is 0 Å². The molecule has 5 heteroatoms. The van der Waals surface area contributed by atoms with Crippen LogP contribution in [0.3, 0.4) is 0 Å². The van der Waals surface area contributed by atoms with Crippen LogP contribution in [-0.4, -0.2) is 30.6 Å². The molecule has 0 aliphatic heterocycles. The minimum absolute atomic E-state index is 0.0766. The zero-order chi connectivity index (χ0) is 13.5. The predicted octanol–water partition coefficient (Wildman–Crippen LogP) is 2.70. The van der Waals surface area contributed by atoms with Gasteiger partial charge in [-0.1, -0.05) is 29.8 Å². The average molecular weight is 288 g/mol. The van der Waals surface area contributed by atoms with Gasteiger partial charge in [-0.15, -0.1) is 0 Å². The van der Waals surface area contributed by atoms with Crippen LogP contribution in [0.1, 0.15) is 16.8 Å². The first-order chi connectivity index (χ1) is 8.56. The van der Waals surface area contributed by atoms with Crippen molar-refractivity contribution in [2.75, 3.05) is 19.7 Å². The maximum absolute atomic E-state index is 12.0. The molecule has 0 saturated carbocycles. The van der Waals surface area contributed by atoms with Gasteiger partial charge in [0.15, 0.2) is 5.78 Å². The number of hydrogen-bond donors (Lipinski definition) is 2. The highest BCUT2D eigenvalue weighted by atomic mass is 35.5. The fourth-order valence-corrected chi connectivity index (χ4v) is 1.70. The molecule has 0 saturated heterocycles. The van der Waals surface area contributed by atoms with Crippen molar-refractivity contribution in [3.8, 4) is 0 Å². The Hall–Kier alpha value is -0.870. The number of benzene rings is 1. The summed E-state index contributed by atoms with van der Waals surface area (Å²) in [5.74, 6) is -0.139. The molecule has 18 heavy (non-hydrogen) atoms. The van der Waals surface area contributed by atoms with Gasteiger partial charge in [0, 0.05) is 12.1 Å². The lowest BCUT2D eigenvalue weighted by Crippen LogP contribution is -2.20. The summed E-state index contributed by atoms with van der Waals surface area (Å²) >= 11 is 11.6. The summed E-state index contributed by atoms with van der Waals surface area (Å²) in [6, 6.07) is 4.76. The summed E-state index contributed by atoms with van der Waals surface area (Å²) in [5, 5.41) is 12.4. The monoisotopic (exact) mass is 287 g/mol. The van der Waals surface area contributed by atoms with E-state index in [4.69, 9.17) is 28.3 Å². The maximum atomic E-state index is 12.0. The first-order valence-corrected chi connectivity index (χ1v) is 6.31. The van der Waals surface area contributed by atoms with Crippen LogP contribution >= 0.6 is 23.2 Å². The van der Waals surface area contributed by atoms with Gasteiger partial charge >= 0.3 is 0 Å². The first kappa shape index (κ1) is 15.2. The molecule has 0 fully saturated rings. The second-order valence-corrected chi connectivity index (χ2v) is 4.60. The van der Waals surface area contributed by atoms with E-state index in [-0.39, 0.29) is 12.4 Å². The van der Waals surface area contributed by atoms with Crippen molar-refractivity contribution in [2.24, 2.45) is 0 Å². The van der Waals surface area contributed by atoms with Crippen LogP contribution in [0.4, 0.5) is 0 Å². The van der Waals surface area contributed by atoms with Gasteiger partial charge in [0.1, 0.15) is 0 Å². The molecule has 1 aromatic carbocycles. The number of aliphatic hydroxyl groups is 1. The molecule has 98 valence electrons. The first-order valence-electron chi connectivity index (χ1n) is 5.55.